The molecule has 2 aromatic rings. The highest BCUT2D eigenvalue weighted by Crippen LogP contribution is 2.23. The Kier molecular flexibility index (Phi) is 3.13. The lowest BCUT2D eigenvalue weighted by molar-refractivity contribution is 0.556. The van der Waals surface area contributed by atoms with Gasteiger partial charge in [-0.05, 0) is 19.1 Å². The predicted octanol–water partition coefficient (Wildman–Crippen LogP) is 2.49. The number of hydrogen-bond acceptors (Lipinski definition) is 2. The van der Waals surface area contributed by atoms with Gasteiger partial charge in [-0.3, -0.25) is 5.41 Å². The fraction of sp³-hybridized carbons (Fsp3) is 0.385. The Morgan fingerprint density at radius 1 is 1.47 bits per heavy atom. The minimum absolute atomic E-state index is 0.176. The fourth-order valence-corrected chi connectivity index (χ4v) is 2.25. The molecule has 0 aliphatic carbocycles. The zero-order valence-electron chi connectivity index (χ0n) is 10.3. The van der Waals surface area contributed by atoms with Gasteiger partial charge >= 0.3 is 0 Å². The Morgan fingerprint density at radius 2 is 2.18 bits per heavy atom. The van der Waals surface area contributed by atoms with Crippen molar-refractivity contribution in [2.45, 2.75) is 32.7 Å². The molecule has 1 unspecified atom stereocenters. The second-order valence-electron chi connectivity index (χ2n) is 4.32. The van der Waals surface area contributed by atoms with Crippen LogP contribution >= 0.6 is 0 Å². The number of nitrogens with one attached hydrogen (secondary N) is 1. The molecule has 17 heavy (non-hydrogen) atoms. The van der Waals surface area contributed by atoms with Gasteiger partial charge in [0.2, 0.25) is 0 Å². The van der Waals surface area contributed by atoms with E-state index in [0.29, 0.717) is 6.42 Å². The summed E-state index contributed by atoms with van der Waals surface area (Å²) in [5.74, 6) is 1.28. The average molecular weight is 230 g/mol. The molecule has 1 aromatic heterocycles. The standard InChI is InChI=1S/C13H18N4/c1-3-13-16-10-6-4-5-7-11(10)17(13)9(2)8-12(14)15/h4-7,9H,3,8H2,1-2H3,(H3,14,15). The number of imidazole rings is 1. The first-order chi connectivity index (χ1) is 8.13. The molecular weight excluding hydrogens is 212 g/mol. The van der Waals surface area contributed by atoms with Gasteiger partial charge in [0, 0.05) is 18.9 Å². The van der Waals surface area contributed by atoms with Crippen LogP contribution < -0.4 is 5.73 Å². The number of aryl methyl sites for hydroxylation is 1. The summed E-state index contributed by atoms with van der Waals surface area (Å²) >= 11 is 0. The number of para-hydroxylation sites is 2. The van der Waals surface area contributed by atoms with E-state index in [1.165, 1.54) is 0 Å². The van der Waals surface area contributed by atoms with Crippen molar-refractivity contribution in [3.8, 4) is 0 Å². The summed E-state index contributed by atoms with van der Waals surface area (Å²) in [4.78, 5) is 4.61. The van der Waals surface area contributed by atoms with Crippen LogP contribution in [-0.2, 0) is 6.42 Å². The minimum atomic E-state index is 0.176. The number of fused-ring (bicyclic) bond motifs is 1. The Morgan fingerprint density at radius 3 is 2.82 bits per heavy atom. The maximum atomic E-state index is 7.41. The molecule has 4 nitrogen and oxygen atoms in total. The molecule has 90 valence electrons. The lowest BCUT2D eigenvalue weighted by Gasteiger charge is -2.16. The molecule has 4 heteroatoms. The van der Waals surface area contributed by atoms with Gasteiger partial charge in [-0.15, -0.1) is 0 Å². The molecule has 0 aliphatic heterocycles. The zero-order valence-corrected chi connectivity index (χ0v) is 10.3. The predicted molar refractivity (Wildman–Crippen MR) is 70.4 cm³/mol. The van der Waals surface area contributed by atoms with Crippen LogP contribution in [-0.4, -0.2) is 15.4 Å². The van der Waals surface area contributed by atoms with Gasteiger partial charge in [-0.25, -0.2) is 4.98 Å². The summed E-state index contributed by atoms with van der Waals surface area (Å²) in [6.07, 6.45) is 1.45. The summed E-state index contributed by atoms with van der Waals surface area (Å²) in [6, 6.07) is 8.27. The lowest BCUT2D eigenvalue weighted by Crippen LogP contribution is -2.18. The van der Waals surface area contributed by atoms with E-state index in [2.05, 4.69) is 29.5 Å². The third-order valence-corrected chi connectivity index (χ3v) is 2.94. The highest BCUT2D eigenvalue weighted by atomic mass is 15.1. The summed E-state index contributed by atoms with van der Waals surface area (Å²) < 4.78 is 2.19. The van der Waals surface area contributed by atoms with Gasteiger partial charge in [0.1, 0.15) is 5.82 Å². The molecule has 0 fully saturated rings. The minimum Gasteiger partial charge on any atom is -0.388 e. The van der Waals surface area contributed by atoms with Crippen molar-refractivity contribution >= 4 is 16.9 Å². The van der Waals surface area contributed by atoms with Crippen molar-refractivity contribution in [3.05, 3.63) is 30.1 Å². The van der Waals surface area contributed by atoms with Crippen molar-refractivity contribution in [1.29, 1.82) is 5.41 Å². The highest BCUT2D eigenvalue weighted by molar-refractivity contribution is 5.79. The second kappa shape index (κ2) is 4.57. The topological polar surface area (TPSA) is 67.7 Å². The van der Waals surface area contributed by atoms with Gasteiger partial charge in [0.25, 0.3) is 0 Å². The molecule has 0 saturated carbocycles. The normalized spacial score (nSPS) is 12.8. The quantitative estimate of drug-likeness (QED) is 0.626. The average Bonchev–Trinajstić information content (AvgIpc) is 2.66. The molecule has 0 bridgehead atoms. The molecule has 0 radical (unpaired) electrons. The number of hydrogen-bond donors (Lipinski definition) is 2. The van der Waals surface area contributed by atoms with E-state index < -0.39 is 0 Å². The van der Waals surface area contributed by atoms with E-state index in [-0.39, 0.29) is 11.9 Å². The summed E-state index contributed by atoms with van der Waals surface area (Å²) in [7, 11) is 0. The van der Waals surface area contributed by atoms with Gasteiger partial charge in [-0.2, -0.15) is 0 Å². The number of nitrogens with zero attached hydrogens (tertiary/aromatic N) is 2. The van der Waals surface area contributed by atoms with Gasteiger partial charge < -0.3 is 10.3 Å². The van der Waals surface area contributed by atoms with E-state index in [0.717, 1.165) is 23.3 Å². The lowest BCUT2D eigenvalue weighted by atomic mass is 10.2. The van der Waals surface area contributed by atoms with E-state index in [1.54, 1.807) is 0 Å². The molecular formula is C13H18N4. The maximum absolute atomic E-state index is 7.41. The largest absolute Gasteiger partial charge is 0.388 e. The molecule has 0 saturated heterocycles. The maximum Gasteiger partial charge on any atom is 0.109 e. The van der Waals surface area contributed by atoms with Crippen molar-refractivity contribution in [2.75, 3.05) is 0 Å². The van der Waals surface area contributed by atoms with Crippen LogP contribution in [0.4, 0.5) is 0 Å². The Bertz CT molecular complexity index is 541. The van der Waals surface area contributed by atoms with Crippen LogP contribution in [0.3, 0.4) is 0 Å². The van der Waals surface area contributed by atoms with Gasteiger partial charge in [0.05, 0.1) is 16.9 Å². The SMILES string of the molecule is CCc1nc2ccccc2n1C(C)CC(=N)N. The zero-order chi connectivity index (χ0) is 12.4. The molecule has 2 rings (SSSR count). The van der Waals surface area contributed by atoms with Gasteiger partial charge in [0.15, 0.2) is 0 Å². The summed E-state index contributed by atoms with van der Waals surface area (Å²) in [5, 5.41) is 7.41. The summed E-state index contributed by atoms with van der Waals surface area (Å²) in [5.41, 5.74) is 7.62. The first kappa shape index (κ1) is 11.6. The van der Waals surface area contributed by atoms with E-state index in [9.17, 15) is 0 Å². The Balaban J connectivity index is 2.53. The van der Waals surface area contributed by atoms with Crippen molar-refractivity contribution in [1.82, 2.24) is 9.55 Å². The third kappa shape index (κ3) is 2.16. The Hall–Kier alpha value is -1.84. The van der Waals surface area contributed by atoms with Crippen molar-refractivity contribution in [2.24, 2.45) is 5.73 Å². The molecule has 0 amide bonds. The second-order valence-corrected chi connectivity index (χ2v) is 4.32. The number of rotatable bonds is 4. The van der Waals surface area contributed by atoms with Crippen LogP contribution in [0.5, 0.6) is 0 Å². The molecule has 3 N–H and O–H groups in total. The summed E-state index contributed by atoms with van der Waals surface area (Å²) in [6.45, 7) is 4.17. The number of amidine groups is 1. The van der Waals surface area contributed by atoms with Crippen molar-refractivity contribution in [3.63, 3.8) is 0 Å². The van der Waals surface area contributed by atoms with Crippen LogP contribution in [0.1, 0.15) is 32.1 Å². The molecule has 1 atom stereocenters. The first-order valence-electron chi connectivity index (χ1n) is 5.92. The van der Waals surface area contributed by atoms with Crippen molar-refractivity contribution < 1.29 is 0 Å². The van der Waals surface area contributed by atoms with E-state index >= 15 is 0 Å². The van der Waals surface area contributed by atoms with E-state index in [1.807, 2.05) is 18.2 Å². The van der Waals surface area contributed by atoms with Crippen LogP contribution in [0, 0.1) is 5.41 Å². The number of benzene rings is 1. The fourth-order valence-electron chi connectivity index (χ4n) is 2.25. The molecule has 1 aromatic carbocycles. The number of aromatic nitrogens is 2. The van der Waals surface area contributed by atoms with Crippen LogP contribution in [0.25, 0.3) is 11.0 Å². The highest BCUT2D eigenvalue weighted by Gasteiger charge is 2.14. The van der Waals surface area contributed by atoms with E-state index in [4.69, 9.17) is 11.1 Å². The molecule has 0 aliphatic rings. The van der Waals surface area contributed by atoms with Gasteiger partial charge in [-0.1, -0.05) is 19.1 Å². The molecule has 0 spiro atoms. The third-order valence-electron chi connectivity index (χ3n) is 2.94. The first-order valence-corrected chi connectivity index (χ1v) is 5.92. The van der Waals surface area contributed by atoms with Crippen LogP contribution in [0.2, 0.25) is 0 Å². The van der Waals surface area contributed by atoms with Crippen LogP contribution in [0.15, 0.2) is 24.3 Å². The smallest absolute Gasteiger partial charge is 0.109 e. The monoisotopic (exact) mass is 230 g/mol. The number of nitrogens with two attached hydrogens (primary N) is 1. The molecule has 1 heterocycles. The Labute approximate surface area is 101 Å².